The Labute approximate surface area is 121 Å². The van der Waals surface area contributed by atoms with Crippen LogP contribution in [0.5, 0.6) is 0 Å². The highest BCUT2D eigenvalue weighted by atomic mass is 79.9. The molecule has 0 fully saturated rings. The Balaban J connectivity index is 1.77. The summed E-state index contributed by atoms with van der Waals surface area (Å²) in [6, 6.07) is 17.5. The van der Waals surface area contributed by atoms with E-state index < -0.39 is 0 Å². The second-order valence-corrected chi connectivity index (χ2v) is 5.06. The first-order chi connectivity index (χ1) is 9.27. The number of carbonyl (C=O) groups excluding carboxylic acids is 1. The van der Waals surface area contributed by atoms with Crippen molar-refractivity contribution in [2.75, 3.05) is 6.61 Å². The Morgan fingerprint density at radius 1 is 1.00 bits per heavy atom. The smallest absolute Gasteiger partial charge is 0.339 e. The van der Waals surface area contributed by atoms with E-state index in [1.807, 2.05) is 36.4 Å². The fourth-order valence-corrected chi connectivity index (χ4v) is 2.24. The van der Waals surface area contributed by atoms with Crippen LogP contribution in [0.4, 0.5) is 0 Å². The highest BCUT2D eigenvalue weighted by molar-refractivity contribution is 9.10. The third-order valence-corrected chi connectivity index (χ3v) is 3.47. The first-order valence-corrected chi connectivity index (χ1v) is 7.02. The van der Waals surface area contributed by atoms with E-state index in [1.165, 1.54) is 5.56 Å². The van der Waals surface area contributed by atoms with Gasteiger partial charge >= 0.3 is 5.97 Å². The average molecular weight is 319 g/mol. The number of ether oxygens (including phenoxy) is 1. The molecule has 0 saturated heterocycles. The zero-order valence-corrected chi connectivity index (χ0v) is 12.1. The summed E-state index contributed by atoms with van der Waals surface area (Å²) in [5.41, 5.74) is 1.83. The van der Waals surface area contributed by atoms with Gasteiger partial charge in [-0.15, -0.1) is 0 Å². The van der Waals surface area contributed by atoms with Crippen LogP contribution in [-0.2, 0) is 11.2 Å². The summed E-state index contributed by atoms with van der Waals surface area (Å²) < 4.78 is 6.03. The normalized spacial score (nSPS) is 10.2. The maximum Gasteiger partial charge on any atom is 0.339 e. The van der Waals surface area contributed by atoms with E-state index in [9.17, 15) is 4.79 Å². The van der Waals surface area contributed by atoms with Crippen LogP contribution >= 0.6 is 15.9 Å². The van der Waals surface area contributed by atoms with Crippen molar-refractivity contribution in [3.05, 3.63) is 70.2 Å². The molecule has 0 aliphatic rings. The van der Waals surface area contributed by atoms with Crippen molar-refractivity contribution in [2.24, 2.45) is 0 Å². The fraction of sp³-hybridized carbons (Fsp3) is 0.188. The summed E-state index contributed by atoms with van der Waals surface area (Å²) in [5.74, 6) is -0.277. The highest BCUT2D eigenvalue weighted by Gasteiger charge is 2.09. The van der Waals surface area contributed by atoms with Crippen LogP contribution in [0.3, 0.4) is 0 Å². The maximum absolute atomic E-state index is 11.8. The van der Waals surface area contributed by atoms with E-state index in [2.05, 4.69) is 28.1 Å². The van der Waals surface area contributed by atoms with Gasteiger partial charge in [0.1, 0.15) is 0 Å². The first kappa shape index (κ1) is 13.8. The molecular formula is C16H15BrO2. The third-order valence-electron chi connectivity index (χ3n) is 2.78. The zero-order valence-electron chi connectivity index (χ0n) is 10.5. The van der Waals surface area contributed by atoms with Crippen LogP contribution < -0.4 is 0 Å². The maximum atomic E-state index is 11.8. The topological polar surface area (TPSA) is 26.3 Å². The van der Waals surface area contributed by atoms with Gasteiger partial charge < -0.3 is 4.74 Å². The van der Waals surface area contributed by atoms with Crippen LogP contribution in [-0.4, -0.2) is 12.6 Å². The number of hydrogen-bond donors (Lipinski definition) is 0. The Morgan fingerprint density at radius 3 is 2.42 bits per heavy atom. The van der Waals surface area contributed by atoms with Crippen molar-refractivity contribution >= 4 is 21.9 Å². The number of rotatable bonds is 5. The van der Waals surface area contributed by atoms with Crippen molar-refractivity contribution in [1.29, 1.82) is 0 Å². The summed E-state index contributed by atoms with van der Waals surface area (Å²) in [7, 11) is 0. The van der Waals surface area contributed by atoms with Gasteiger partial charge in [0.05, 0.1) is 12.2 Å². The van der Waals surface area contributed by atoms with Gasteiger partial charge in [-0.05, 0) is 46.5 Å². The standard InChI is InChI=1S/C16H15BrO2/c17-15-11-5-4-10-14(15)16(18)19-12-6-9-13-7-2-1-3-8-13/h1-5,7-8,10-11H,6,9,12H2. The Bertz CT molecular complexity index is 537. The molecular weight excluding hydrogens is 304 g/mol. The van der Waals surface area contributed by atoms with Gasteiger partial charge in [-0.2, -0.15) is 0 Å². The third kappa shape index (κ3) is 4.21. The van der Waals surface area contributed by atoms with Crippen molar-refractivity contribution in [1.82, 2.24) is 0 Å². The van der Waals surface area contributed by atoms with Gasteiger partial charge in [-0.25, -0.2) is 4.79 Å². The summed E-state index contributed by atoms with van der Waals surface area (Å²) in [4.78, 5) is 11.8. The highest BCUT2D eigenvalue weighted by Crippen LogP contribution is 2.16. The van der Waals surface area contributed by atoms with Gasteiger partial charge in [-0.1, -0.05) is 42.5 Å². The summed E-state index contributed by atoms with van der Waals surface area (Å²) in [6.07, 6.45) is 1.75. The second-order valence-electron chi connectivity index (χ2n) is 4.20. The Kier molecular flexibility index (Phi) is 5.16. The number of aryl methyl sites for hydroxylation is 1. The van der Waals surface area contributed by atoms with E-state index in [-0.39, 0.29) is 5.97 Å². The van der Waals surface area contributed by atoms with Gasteiger partial charge in [0, 0.05) is 4.47 Å². The number of hydrogen-bond acceptors (Lipinski definition) is 2. The molecule has 0 N–H and O–H groups in total. The molecule has 3 heteroatoms. The molecule has 0 unspecified atom stereocenters. The molecule has 2 nitrogen and oxygen atoms in total. The molecule has 0 radical (unpaired) electrons. The average Bonchev–Trinajstić information content (AvgIpc) is 2.45. The molecule has 0 aliphatic carbocycles. The largest absolute Gasteiger partial charge is 0.462 e. The summed E-state index contributed by atoms with van der Waals surface area (Å²) in [5, 5.41) is 0. The SMILES string of the molecule is O=C(OCCCc1ccccc1)c1ccccc1Br. The van der Waals surface area contributed by atoms with Gasteiger partial charge in [0.15, 0.2) is 0 Å². The van der Waals surface area contributed by atoms with Crippen LogP contribution in [0.25, 0.3) is 0 Å². The summed E-state index contributed by atoms with van der Waals surface area (Å²) >= 11 is 3.34. The Hall–Kier alpha value is -1.61. The van der Waals surface area contributed by atoms with Crippen molar-refractivity contribution < 1.29 is 9.53 Å². The molecule has 98 valence electrons. The molecule has 0 heterocycles. The lowest BCUT2D eigenvalue weighted by atomic mass is 10.1. The molecule has 0 amide bonds. The predicted octanol–water partition coefficient (Wildman–Crippen LogP) is 4.24. The van der Waals surface area contributed by atoms with Crippen LogP contribution in [0.1, 0.15) is 22.3 Å². The van der Waals surface area contributed by atoms with Crippen LogP contribution in [0.15, 0.2) is 59.1 Å². The quantitative estimate of drug-likeness (QED) is 0.609. The van der Waals surface area contributed by atoms with Crippen molar-refractivity contribution in [2.45, 2.75) is 12.8 Å². The van der Waals surface area contributed by atoms with E-state index in [0.29, 0.717) is 12.2 Å². The van der Waals surface area contributed by atoms with Crippen molar-refractivity contribution in [3.8, 4) is 0 Å². The number of benzene rings is 2. The molecule has 0 aliphatic heterocycles. The van der Waals surface area contributed by atoms with Gasteiger partial charge in [0.2, 0.25) is 0 Å². The number of halogens is 1. The molecule has 0 aromatic heterocycles. The molecule has 0 bridgehead atoms. The number of esters is 1. The molecule has 0 atom stereocenters. The molecule has 0 saturated carbocycles. The minimum Gasteiger partial charge on any atom is -0.462 e. The second kappa shape index (κ2) is 7.10. The van der Waals surface area contributed by atoms with Crippen LogP contribution in [0.2, 0.25) is 0 Å². The predicted molar refractivity (Wildman–Crippen MR) is 79.2 cm³/mol. The van der Waals surface area contributed by atoms with E-state index in [0.717, 1.165) is 17.3 Å². The van der Waals surface area contributed by atoms with Crippen molar-refractivity contribution in [3.63, 3.8) is 0 Å². The lowest BCUT2D eigenvalue weighted by molar-refractivity contribution is 0.0499. The number of carbonyl (C=O) groups is 1. The van der Waals surface area contributed by atoms with E-state index in [1.54, 1.807) is 6.07 Å². The van der Waals surface area contributed by atoms with Gasteiger partial charge in [0.25, 0.3) is 0 Å². The molecule has 2 rings (SSSR count). The molecule has 0 spiro atoms. The minimum atomic E-state index is -0.277. The molecule has 2 aromatic rings. The van der Waals surface area contributed by atoms with E-state index >= 15 is 0 Å². The van der Waals surface area contributed by atoms with Gasteiger partial charge in [-0.3, -0.25) is 0 Å². The van der Waals surface area contributed by atoms with Crippen LogP contribution in [0, 0.1) is 0 Å². The Morgan fingerprint density at radius 2 is 1.68 bits per heavy atom. The monoisotopic (exact) mass is 318 g/mol. The molecule has 19 heavy (non-hydrogen) atoms. The summed E-state index contributed by atoms with van der Waals surface area (Å²) in [6.45, 7) is 0.440. The lowest BCUT2D eigenvalue weighted by Gasteiger charge is -2.06. The molecule has 2 aromatic carbocycles. The van der Waals surface area contributed by atoms with E-state index in [4.69, 9.17) is 4.74 Å². The fourth-order valence-electron chi connectivity index (χ4n) is 1.79. The lowest BCUT2D eigenvalue weighted by Crippen LogP contribution is -2.07. The first-order valence-electron chi connectivity index (χ1n) is 6.23. The zero-order chi connectivity index (χ0) is 13.5. The minimum absolute atomic E-state index is 0.277.